The van der Waals surface area contributed by atoms with E-state index in [4.69, 9.17) is 0 Å². The summed E-state index contributed by atoms with van der Waals surface area (Å²) in [7, 11) is 0. The minimum Gasteiger partial charge on any atom is -1.00 e. The Balaban J connectivity index is -0.0000000200. The summed E-state index contributed by atoms with van der Waals surface area (Å²) in [6, 6.07) is 0. The van der Waals surface area contributed by atoms with Crippen molar-refractivity contribution in [1.82, 2.24) is 0 Å². The van der Waals surface area contributed by atoms with E-state index >= 15 is 0 Å². The first-order valence-electron chi connectivity index (χ1n) is 1.12. The van der Waals surface area contributed by atoms with Gasteiger partial charge in [-0.1, -0.05) is 0 Å². The monoisotopic (exact) mass is 310 g/mol. The predicted molar refractivity (Wildman–Crippen MR) is 16.2 cm³/mol. The van der Waals surface area contributed by atoms with Crippen molar-refractivity contribution in [2.45, 2.75) is 12.2 Å². The molecule has 0 nitrogen and oxygen atoms in total. The van der Waals surface area contributed by atoms with Crippen molar-refractivity contribution < 1.29 is 48.0 Å². The van der Waals surface area contributed by atoms with Gasteiger partial charge in [0, 0.05) is 0 Å². The van der Waals surface area contributed by atoms with Crippen molar-refractivity contribution in [3.63, 3.8) is 0 Å². The van der Waals surface area contributed by atoms with E-state index in [1.807, 2.05) is 0 Å². The van der Waals surface area contributed by atoms with Crippen molar-refractivity contribution in [3.05, 3.63) is 0 Å². The molecule has 0 aliphatic heterocycles. The molecular weight excluding hydrogens is 305 g/mol. The Morgan fingerprint density at radius 3 is 1.40 bits per heavy atom. The molecule has 0 radical (unpaired) electrons. The fourth-order valence-corrected chi connectivity index (χ4v) is 0. The molecule has 0 aromatic rings. The van der Waals surface area contributed by atoms with Gasteiger partial charge in [0.25, 0.3) is 0 Å². The fraction of sp³-hybridized carbons (Fsp3) is 1.00. The molecular formula is C2H5AlI2. The predicted octanol–water partition coefficient (Wildman–Crippen LogP) is -5.40. The van der Waals surface area contributed by atoms with E-state index in [1.165, 1.54) is 5.28 Å². The van der Waals surface area contributed by atoms with Gasteiger partial charge in [-0.05, 0) is 0 Å². The average Bonchev–Trinajstić information content (AvgIpc) is 0.918. The quantitative estimate of drug-likeness (QED) is 0.310. The van der Waals surface area contributed by atoms with Crippen LogP contribution in [-0.4, -0.2) is 16.3 Å². The number of hydrogen-bond acceptors (Lipinski definition) is 0. The molecule has 0 saturated heterocycles. The van der Waals surface area contributed by atoms with Gasteiger partial charge in [0.1, 0.15) is 0 Å². The number of halogens is 2. The topological polar surface area (TPSA) is 0 Å². The summed E-state index contributed by atoms with van der Waals surface area (Å²) in [4.78, 5) is 0. The first-order valence-corrected chi connectivity index (χ1v) is 1.93. The molecule has 5 heavy (non-hydrogen) atoms. The minimum atomic E-state index is 0. The van der Waals surface area contributed by atoms with Crippen LogP contribution in [0.3, 0.4) is 0 Å². The standard InChI is InChI=1S/C2H5.Al.2HI/c1-2;;;/h1H2,2H3;;2*1H/q;+2;;/p-2. The third-order valence-corrected chi connectivity index (χ3v) is 0. The van der Waals surface area contributed by atoms with Gasteiger partial charge in [0.05, 0.1) is 0 Å². The van der Waals surface area contributed by atoms with Crippen LogP contribution in [0.5, 0.6) is 0 Å². The van der Waals surface area contributed by atoms with Crippen molar-refractivity contribution in [2.24, 2.45) is 0 Å². The van der Waals surface area contributed by atoms with Crippen LogP contribution < -0.4 is 48.0 Å². The largest absolute Gasteiger partial charge is 1.00 e. The van der Waals surface area contributed by atoms with Gasteiger partial charge in [0.2, 0.25) is 0 Å². The second-order valence-electron chi connectivity index (χ2n) is 0.408. The molecule has 3 heteroatoms. The molecule has 0 aromatic carbocycles. The molecule has 0 unspecified atom stereocenters. The van der Waals surface area contributed by atoms with Crippen LogP contribution in [0, 0.1) is 0 Å². The normalized spacial score (nSPS) is 3.80. The summed E-state index contributed by atoms with van der Waals surface area (Å²) in [6.07, 6.45) is 0. The summed E-state index contributed by atoms with van der Waals surface area (Å²) in [6.45, 7) is 2.09. The van der Waals surface area contributed by atoms with Gasteiger partial charge >= 0.3 is 28.5 Å². The average molecular weight is 310 g/mol. The van der Waals surface area contributed by atoms with E-state index in [0.717, 1.165) is 0 Å². The Kier molecular flexibility index (Phi) is 52.5. The Hall–Kier alpha value is 1.99. The van der Waals surface area contributed by atoms with Gasteiger partial charge in [-0.2, -0.15) is 0 Å². The van der Waals surface area contributed by atoms with Crippen LogP contribution >= 0.6 is 0 Å². The van der Waals surface area contributed by atoms with Crippen molar-refractivity contribution >= 4 is 16.3 Å². The van der Waals surface area contributed by atoms with E-state index in [9.17, 15) is 0 Å². The van der Waals surface area contributed by atoms with Crippen LogP contribution in [0.1, 0.15) is 6.92 Å². The molecule has 0 amide bonds. The van der Waals surface area contributed by atoms with E-state index in [0.29, 0.717) is 0 Å². The molecule has 30 valence electrons. The summed E-state index contributed by atoms with van der Waals surface area (Å²) in [5.41, 5.74) is 0. The summed E-state index contributed by atoms with van der Waals surface area (Å²) in [5.74, 6) is 0. The summed E-state index contributed by atoms with van der Waals surface area (Å²) >= 11 is 2.58. The van der Waals surface area contributed by atoms with Gasteiger partial charge in [-0.3, -0.25) is 0 Å². The maximum Gasteiger partial charge on any atom is -1.00 e. The molecule has 0 N–H and O–H groups in total. The van der Waals surface area contributed by atoms with Gasteiger partial charge < -0.3 is 48.0 Å². The molecule has 0 saturated carbocycles. The number of hydrogen-bond donors (Lipinski definition) is 0. The van der Waals surface area contributed by atoms with E-state index < -0.39 is 0 Å². The third kappa shape index (κ3) is 24.1. The smallest absolute Gasteiger partial charge is 1.00 e. The van der Waals surface area contributed by atoms with Gasteiger partial charge in [-0.15, -0.1) is 0 Å². The zero-order valence-corrected chi connectivity index (χ0v) is 8.51. The molecule has 0 rings (SSSR count). The molecule has 0 spiro atoms. The number of rotatable bonds is 0. The second kappa shape index (κ2) is 16.7. The molecule has 0 bridgehead atoms. The maximum absolute atomic E-state index is 2.58. The van der Waals surface area contributed by atoms with Crippen LogP contribution in [0.2, 0.25) is 5.28 Å². The molecule has 0 aliphatic carbocycles. The Morgan fingerprint density at radius 2 is 1.40 bits per heavy atom. The Labute approximate surface area is 75.6 Å². The van der Waals surface area contributed by atoms with Gasteiger partial charge in [0.15, 0.2) is 0 Å². The fourth-order valence-electron chi connectivity index (χ4n) is 0. The third-order valence-electron chi connectivity index (χ3n) is 0. The van der Waals surface area contributed by atoms with E-state index in [2.05, 4.69) is 23.2 Å². The zero-order valence-electron chi connectivity index (χ0n) is 3.04. The molecule has 0 fully saturated rings. The molecule has 0 aromatic heterocycles. The SMILES string of the molecule is C[CH2][Al+2].[I-].[I-]. The van der Waals surface area contributed by atoms with E-state index in [1.54, 1.807) is 0 Å². The molecule has 0 atom stereocenters. The van der Waals surface area contributed by atoms with Crippen LogP contribution in [0.4, 0.5) is 0 Å². The van der Waals surface area contributed by atoms with Crippen LogP contribution in [-0.2, 0) is 0 Å². The van der Waals surface area contributed by atoms with Crippen LogP contribution in [0.25, 0.3) is 0 Å². The summed E-state index contributed by atoms with van der Waals surface area (Å²) < 4.78 is 0. The minimum absolute atomic E-state index is 0. The Bertz CT molecular complexity index is 7.61. The van der Waals surface area contributed by atoms with Gasteiger partial charge in [-0.25, -0.2) is 0 Å². The zero-order chi connectivity index (χ0) is 2.71. The maximum atomic E-state index is 2.58. The first kappa shape index (κ1) is 15.8. The Morgan fingerprint density at radius 1 is 1.40 bits per heavy atom. The molecule has 0 heterocycles. The van der Waals surface area contributed by atoms with Crippen molar-refractivity contribution in [1.29, 1.82) is 0 Å². The van der Waals surface area contributed by atoms with Crippen molar-refractivity contribution in [3.8, 4) is 0 Å². The first-order chi connectivity index (χ1) is 1.41. The van der Waals surface area contributed by atoms with E-state index in [-0.39, 0.29) is 48.0 Å². The molecule has 0 aliphatic rings. The van der Waals surface area contributed by atoms with Crippen molar-refractivity contribution in [2.75, 3.05) is 0 Å². The summed E-state index contributed by atoms with van der Waals surface area (Å²) in [5, 5.41) is 1.17. The second-order valence-corrected chi connectivity index (χ2v) is 1.22. The van der Waals surface area contributed by atoms with Crippen LogP contribution in [0.15, 0.2) is 0 Å².